The van der Waals surface area contributed by atoms with Crippen LogP contribution in [0.25, 0.3) is 0 Å². The van der Waals surface area contributed by atoms with Gasteiger partial charge in [0.1, 0.15) is 5.82 Å². The maximum atomic E-state index is 12.9. The number of benzene rings is 1. The van der Waals surface area contributed by atoms with Gasteiger partial charge in [-0.05, 0) is 49.3 Å². The van der Waals surface area contributed by atoms with E-state index < -0.39 is 0 Å². The van der Waals surface area contributed by atoms with Crippen LogP contribution in [0.15, 0.2) is 24.3 Å². The Balaban J connectivity index is 1.37. The first-order valence-electron chi connectivity index (χ1n) is 9.03. The van der Waals surface area contributed by atoms with Crippen LogP contribution in [0.4, 0.5) is 4.39 Å². The van der Waals surface area contributed by atoms with E-state index >= 15 is 0 Å². The fourth-order valence-electron chi connectivity index (χ4n) is 3.60. The molecule has 2 aliphatic heterocycles. The Bertz CT molecular complexity index is 521. The van der Waals surface area contributed by atoms with Crippen LogP contribution in [0, 0.1) is 11.7 Å². The number of halogens is 1. The molecule has 132 valence electrons. The topological polar surface area (TPSA) is 41.6 Å². The van der Waals surface area contributed by atoms with Gasteiger partial charge in [-0.15, -0.1) is 0 Å². The lowest BCUT2D eigenvalue weighted by atomic mass is 9.97. The van der Waals surface area contributed by atoms with Crippen molar-refractivity contribution in [3.8, 4) is 0 Å². The zero-order valence-corrected chi connectivity index (χ0v) is 14.2. The summed E-state index contributed by atoms with van der Waals surface area (Å²) in [5.74, 6) is 0.364. The average Bonchev–Trinajstić information content (AvgIpc) is 2.59. The third-order valence-electron chi connectivity index (χ3n) is 5.00. The van der Waals surface area contributed by atoms with Gasteiger partial charge in [0.25, 0.3) is 0 Å². The second-order valence-corrected chi connectivity index (χ2v) is 7.03. The lowest BCUT2D eigenvalue weighted by Crippen LogP contribution is -2.44. The summed E-state index contributed by atoms with van der Waals surface area (Å²) in [4.78, 5) is 14.5. The van der Waals surface area contributed by atoms with Gasteiger partial charge in [-0.1, -0.05) is 12.1 Å². The van der Waals surface area contributed by atoms with Crippen LogP contribution in [0.2, 0.25) is 0 Å². The van der Waals surface area contributed by atoms with E-state index in [0.717, 1.165) is 64.1 Å². The number of hydrogen-bond donors (Lipinski definition) is 1. The van der Waals surface area contributed by atoms with Gasteiger partial charge in [0, 0.05) is 45.3 Å². The van der Waals surface area contributed by atoms with Crippen molar-refractivity contribution in [2.75, 3.05) is 26.3 Å². The number of carbonyl (C=O) groups excluding carboxylic acids is 1. The Morgan fingerprint density at radius 2 is 1.96 bits per heavy atom. The van der Waals surface area contributed by atoms with E-state index in [4.69, 9.17) is 4.74 Å². The predicted molar refractivity (Wildman–Crippen MR) is 91.0 cm³/mol. The summed E-state index contributed by atoms with van der Waals surface area (Å²) in [7, 11) is 0. The predicted octanol–water partition coefficient (Wildman–Crippen LogP) is 2.72. The summed E-state index contributed by atoms with van der Waals surface area (Å²) >= 11 is 0. The summed E-state index contributed by atoms with van der Waals surface area (Å²) in [5, 5.41) is 3.19. The van der Waals surface area contributed by atoms with Gasteiger partial charge in [-0.3, -0.25) is 9.69 Å². The molecule has 0 aliphatic carbocycles. The normalized spacial score (nSPS) is 23.1. The molecule has 2 saturated heterocycles. The minimum atomic E-state index is -0.191. The summed E-state index contributed by atoms with van der Waals surface area (Å²) in [6, 6.07) is 6.99. The molecule has 1 amide bonds. The van der Waals surface area contributed by atoms with E-state index in [-0.39, 0.29) is 17.8 Å². The minimum Gasteiger partial charge on any atom is -0.381 e. The van der Waals surface area contributed by atoms with Crippen molar-refractivity contribution in [3.63, 3.8) is 0 Å². The van der Waals surface area contributed by atoms with Crippen molar-refractivity contribution in [2.45, 2.75) is 44.7 Å². The molecular weight excluding hydrogens is 307 g/mol. The average molecular weight is 334 g/mol. The molecule has 4 nitrogen and oxygen atoms in total. The molecule has 0 radical (unpaired) electrons. The number of rotatable bonds is 5. The zero-order chi connectivity index (χ0) is 16.8. The van der Waals surface area contributed by atoms with E-state index in [2.05, 4.69) is 10.2 Å². The molecule has 1 aromatic carbocycles. The second kappa shape index (κ2) is 8.58. The summed E-state index contributed by atoms with van der Waals surface area (Å²) in [5.41, 5.74) is 1.14. The number of likely N-dealkylation sites (tertiary alicyclic amines) is 1. The Labute approximate surface area is 143 Å². The van der Waals surface area contributed by atoms with Gasteiger partial charge in [0.05, 0.1) is 0 Å². The fourth-order valence-corrected chi connectivity index (χ4v) is 3.60. The largest absolute Gasteiger partial charge is 0.381 e. The van der Waals surface area contributed by atoms with Crippen molar-refractivity contribution < 1.29 is 13.9 Å². The third kappa shape index (κ3) is 5.28. The highest BCUT2D eigenvalue weighted by Gasteiger charge is 2.23. The van der Waals surface area contributed by atoms with Gasteiger partial charge in [0.15, 0.2) is 0 Å². The number of carbonyl (C=O) groups is 1. The molecule has 1 atom stereocenters. The highest BCUT2D eigenvalue weighted by molar-refractivity contribution is 5.76. The molecule has 3 rings (SSSR count). The van der Waals surface area contributed by atoms with Gasteiger partial charge in [-0.2, -0.15) is 0 Å². The van der Waals surface area contributed by atoms with Crippen molar-refractivity contribution >= 4 is 5.91 Å². The highest BCUT2D eigenvalue weighted by Crippen LogP contribution is 2.18. The van der Waals surface area contributed by atoms with Crippen LogP contribution in [-0.2, 0) is 16.1 Å². The van der Waals surface area contributed by atoms with Crippen LogP contribution in [-0.4, -0.2) is 43.2 Å². The van der Waals surface area contributed by atoms with Crippen molar-refractivity contribution in [2.24, 2.45) is 5.92 Å². The zero-order valence-electron chi connectivity index (χ0n) is 14.2. The molecule has 2 aliphatic rings. The molecule has 0 bridgehead atoms. The Kier molecular flexibility index (Phi) is 6.21. The number of piperidine rings is 1. The molecule has 2 heterocycles. The molecular formula is C19H27FN2O2. The molecule has 1 aromatic rings. The highest BCUT2D eigenvalue weighted by atomic mass is 19.1. The lowest BCUT2D eigenvalue weighted by Gasteiger charge is -2.32. The van der Waals surface area contributed by atoms with E-state index in [1.54, 1.807) is 0 Å². The van der Waals surface area contributed by atoms with Gasteiger partial charge >= 0.3 is 0 Å². The molecule has 5 heteroatoms. The first kappa shape index (κ1) is 17.4. The Morgan fingerprint density at radius 1 is 1.21 bits per heavy atom. The minimum absolute atomic E-state index is 0.169. The first-order chi connectivity index (χ1) is 11.7. The SMILES string of the molecule is O=C(C[C@@H]1CCCOC1)NC1CCN(Cc2ccc(F)cc2)CC1. The summed E-state index contributed by atoms with van der Waals surface area (Å²) < 4.78 is 18.4. The number of hydrogen-bond acceptors (Lipinski definition) is 3. The third-order valence-corrected chi connectivity index (χ3v) is 5.00. The number of amides is 1. The van der Waals surface area contributed by atoms with E-state index in [9.17, 15) is 9.18 Å². The molecule has 2 fully saturated rings. The smallest absolute Gasteiger partial charge is 0.220 e. The van der Waals surface area contributed by atoms with Crippen molar-refractivity contribution in [3.05, 3.63) is 35.6 Å². The van der Waals surface area contributed by atoms with Crippen LogP contribution in [0.3, 0.4) is 0 Å². The molecule has 0 saturated carbocycles. The van der Waals surface area contributed by atoms with Crippen molar-refractivity contribution in [1.29, 1.82) is 0 Å². The first-order valence-corrected chi connectivity index (χ1v) is 9.03. The second-order valence-electron chi connectivity index (χ2n) is 7.03. The monoisotopic (exact) mass is 334 g/mol. The standard InChI is InChI=1S/C19H27FN2O2/c20-17-5-3-15(4-6-17)13-22-9-7-18(8-10-22)21-19(23)12-16-2-1-11-24-14-16/h3-6,16,18H,1-2,7-14H2,(H,21,23)/t16-/m0/s1. The van der Waals surface area contributed by atoms with E-state index in [0.29, 0.717) is 12.3 Å². The van der Waals surface area contributed by atoms with Crippen LogP contribution >= 0.6 is 0 Å². The van der Waals surface area contributed by atoms with Crippen molar-refractivity contribution in [1.82, 2.24) is 10.2 Å². The molecule has 24 heavy (non-hydrogen) atoms. The van der Waals surface area contributed by atoms with Gasteiger partial charge in [0.2, 0.25) is 5.91 Å². The maximum Gasteiger partial charge on any atom is 0.220 e. The molecule has 0 spiro atoms. The van der Waals surface area contributed by atoms with E-state index in [1.165, 1.54) is 12.1 Å². The quantitative estimate of drug-likeness (QED) is 0.900. The Hall–Kier alpha value is -1.46. The van der Waals surface area contributed by atoms with Crippen LogP contribution in [0.1, 0.15) is 37.7 Å². The number of ether oxygens (including phenoxy) is 1. The summed E-state index contributed by atoms with van der Waals surface area (Å²) in [6.45, 7) is 4.35. The van der Waals surface area contributed by atoms with Gasteiger partial charge < -0.3 is 10.1 Å². The van der Waals surface area contributed by atoms with Gasteiger partial charge in [-0.25, -0.2) is 4.39 Å². The molecule has 0 aromatic heterocycles. The van der Waals surface area contributed by atoms with Crippen LogP contribution in [0.5, 0.6) is 0 Å². The molecule has 0 unspecified atom stereocenters. The fraction of sp³-hybridized carbons (Fsp3) is 0.632. The maximum absolute atomic E-state index is 12.9. The molecule has 1 N–H and O–H groups in total. The van der Waals surface area contributed by atoms with E-state index in [1.807, 2.05) is 12.1 Å². The lowest BCUT2D eigenvalue weighted by molar-refractivity contribution is -0.124. The Morgan fingerprint density at radius 3 is 2.62 bits per heavy atom. The number of nitrogens with one attached hydrogen (secondary N) is 1. The number of nitrogens with zero attached hydrogens (tertiary/aromatic N) is 1. The van der Waals surface area contributed by atoms with Crippen LogP contribution < -0.4 is 5.32 Å². The summed E-state index contributed by atoms with van der Waals surface area (Å²) in [6.07, 6.45) is 4.72.